The van der Waals surface area contributed by atoms with Crippen molar-refractivity contribution in [1.82, 2.24) is 0 Å². The molecule has 0 aliphatic carbocycles. The Bertz CT molecular complexity index is 793. The quantitative estimate of drug-likeness (QED) is 0.215. The van der Waals surface area contributed by atoms with Gasteiger partial charge < -0.3 is 24.1 Å². The normalized spacial score (nSPS) is 11.8. The van der Waals surface area contributed by atoms with Crippen LogP contribution in [0.25, 0.3) is 0 Å². The highest BCUT2D eigenvalue weighted by Gasteiger charge is 2.28. The van der Waals surface area contributed by atoms with Gasteiger partial charge in [-0.05, 0) is 37.0 Å². The van der Waals surface area contributed by atoms with Gasteiger partial charge in [-0.15, -0.1) is 0 Å². The second-order valence-electron chi connectivity index (χ2n) is 7.00. The third-order valence-corrected chi connectivity index (χ3v) is 4.00. The van der Waals surface area contributed by atoms with Gasteiger partial charge in [0.25, 0.3) is 6.47 Å². The number of rotatable bonds is 13. The van der Waals surface area contributed by atoms with Crippen LogP contribution in [0.5, 0.6) is 11.5 Å². The smallest absolute Gasteiger partial charge is 0.346 e. The van der Waals surface area contributed by atoms with Crippen LogP contribution in [-0.2, 0) is 14.3 Å². The van der Waals surface area contributed by atoms with E-state index in [2.05, 4.69) is 13.2 Å². The summed E-state index contributed by atoms with van der Waals surface area (Å²) < 4.78 is 21.6. The number of carbonyl (C=O) groups excluding carboxylic acids is 2. The van der Waals surface area contributed by atoms with Crippen LogP contribution in [0.3, 0.4) is 0 Å². The first kappa shape index (κ1) is 24.8. The number of hydrogen-bond acceptors (Lipinski definition) is 7. The summed E-state index contributed by atoms with van der Waals surface area (Å²) in [7, 11) is 1.40. The summed E-state index contributed by atoms with van der Waals surface area (Å²) in [6.45, 7) is 13.1. The third kappa shape index (κ3) is 7.31. The summed E-state index contributed by atoms with van der Waals surface area (Å²) in [6, 6.07) is 3.19. The molecule has 1 rings (SSSR count). The minimum atomic E-state index is -0.702. The molecule has 0 saturated carbocycles. The predicted molar refractivity (Wildman–Crippen MR) is 114 cm³/mol. The van der Waals surface area contributed by atoms with Gasteiger partial charge in [-0.25, -0.2) is 4.79 Å². The fourth-order valence-corrected chi connectivity index (χ4v) is 2.79. The Hall–Kier alpha value is -3.22. The zero-order valence-corrected chi connectivity index (χ0v) is 18.0. The van der Waals surface area contributed by atoms with Crippen molar-refractivity contribution < 1.29 is 33.6 Å². The molecule has 1 unspecified atom stereocenters. The number of esters is 1. The van der Waals surface area contributed by atoms with Gasteiger partial charge in [-0.2, -0.15) is 0 Å². The lowest BCUT2D eigenvalue weighted by Crippen LogP contribution is -2.15. The second-order valence-corrected chi connectivity index (χ2v) is 7.00. The second kappa shape index (κ2) is 12.4. The van der Waals surface area contributed by atoms with Crippen LogP contribution in [0.4, 0.5) is 0 Å². The van der Waals surface area contributed by atoms with E-state index in [4.69, 9.17) is 18.9 Å². The fourth-order valence-electron chi connectivity index (χ4n) is 2.79. The number of ether oxygens (including phenoxy) is 4. The molecule has 30 heavy (non-hydrogen) atoms. The average molecular weight is 418 g/mol. The van der Waals surface area contributed by atoms with E-state index in [0.717, 1.165) is 0 Å². The monoisotopic (exact) mass is 418 g/mol. The predicted octanol–water partition coefficient (Wildman–Crippen LogP) is 4.70. The highest BCUT2D eigenvalue weighted by Crippen LogP contribution is 2.39. The van der Waals surface area contributed by atoms with Crippen LogP contribution in [0.1, 0.15) is 49.2 Å². The first-order valence-corrected chi connectivity index (χ1v) is 9.52. The lowest BCUT2D eigenvalue weighted by molar-refractivity contribution is -0.134. The Morgan fingerprint density at radius 1 is 1.23 bits per heavy atom. The summed E-state index contributed by atoms with van der Waals surface area (Å²) >= 11 is 0. The lowest BCUT2D eigenvalue weighted by Gasteiger charge is -2.23. The molecule has 0 aromatic heterocycles. The molecule has 0 saturated heterocycles. The minimum Gasteiger partial charge on any atom is -0.509 e. The van der Waals surface area contributed by atoms with E-state index in [1.54, 1.807) is 24.3 Å². The molecule has 0 spiro atoms. The standard InChI is InChI=1S/C23H30O7/c1-7-8-16(4)12-29-23(26)21-19(28-13-17(5)25)10-9-18(22(21)27-6)20(30-14-24)11-15(2)3/h7-10,14-15,20,25H,4-5,11-13H2,1-3,6H3/b8-7+. The van der Waals surface area contributed by atoms with Crippen molar-refractivity contribution in [3.8, 4) is 11.5 Å². The van der Waals surface area contributed by atoms with Gasteiger partial charge in [0, 0.05) is 5.56 Å². The maximum Gasteiger partial charge on any atom is 0.346 e. The van der Waals surface area contributed by atoms with Gasteiger partial charge >= 0.3 is 5.97 Å². The van der Waals surface area contributed by atoms with Crippen molar-refractivity contribution in [2.24, 2.45) is 5.92 Å². The highest BCUT2D eigenvalue weighted by atomic mass is 16.5. The van der Waals surface area contributed by atoms with Crippen molar-refractivity contribution in [2.75, 3.05) is 20.3 Å². The zero-order chi connectivity index (χ0) is 22.7. The topological polar surface area (TPSA) is 91.3 Å². The van der Waals surface area contributed by atoms with Gasteiger partial charge in [0.1, 0.15) is 42.1 Å². The molecular formula is C23H30O7. The van der Waals surface area contributed by atoms with E-state index in [0.29, 0.717) is 24.0 Å². The van der Waals surface area contributed by atoms with Gasteiger partial charge in [0.2, 0.25) is 0 Å². The fraction of sp³-hybridized carbons (Fsp3) is 0.391. The molecule has 1 atom stereocenters. The molecule has 0 aliphatic heterocycles. The van der Waals surface area contributed by atoms with Crippen LogP contribution in [0.2, 0.25) is 0 Å². The number of allylic oxidation sites excluding steroid dienone is 1. The zero-order valence-electron chi connectivity index (χ0n) is 18.0. The van der Waals surface area contributed by atoms with Gasteiger partial charge in [0.15, 0.2) is 0 Å². The Balaban J connectivity index is 3.44. The molecule has 7 nitrogen and oxygen atoms in total. The number of aliphatic hydroxyl groups excluding tert-OH is 1. The van der Waals surface area contributed by atoms with E-state index < -0.39 is 12.1 Å². The van der Waals surface area contributed by atoms with Gasteiger partial charge in [0.05, 0.1) is 7.11 Å². The maximum atomic E-state index is 12.9. The van der Waals surface area contributed by atoms with Crippen LogP contribution in [0.15, 0.2) is 48.8 Å². The Morgan fingerprint density at radius 3 is 2.47 bits per heavy atom. The molecule has 164 valence electrons. The van der Waals surface area contributed by atoms with Crippen molar-refractivity contribution >= 4 is 12.4 Å². The van der Waals surface area contributed by atoms with Crippen molar-refractivity contribution in [2.45, 2.75) is 33.3 Å². The number of carbonyl (C=O) groups is 2. The average Bonchev–Trinajstić information content (AvgIpc) is 2.69. The summed E-state index contributed by atoms with van der Waals surface area (Å²) in [5, 5.41) is 9.37. The molecule has 1 N–H and O–H groups in total. The largest absolute Gasteiger partial charge is 0.509 e. The maximum absolute atomic E-state index is 12.9. The van der Waals surface area contributed by atoms with E-state index in [9.17, 15) is 14.7 Å². The molecule has 0 heterocycles. The molecule has 1 aromatic carbocycles. The van der Waals surface area contributed by atoms with Crippen molar-refractivity contribution in [1.29, 1.82) is 0 Å². The Morgan fingerprint density at radius 2 is 1.93 bits per heavy atom. The minimum absolute atomic E-state index is 0.0211. The first-order valence-electron chi connectivity index (χ1n) is 9.52. The molecule has 0 radical (unpaired) electrons. The van der Waals surface area contributed by atoms with E-state index >= 15 is 0 Å². The van der Waals surface area contributed by atoms with E-state index in [-0.39, 0.29) is 42.0 Å². The molecule has 0 amide bonds. The van der Waals surface area contributed by atoms with Crippen molar-refractivity contribution in [3.05, 3.63) is 59.9 Å². The van der Waals surface area contributed by atoms with Crippen LogP contribution >= 0.6 is 0 Å². The van der Waals surface area contributed by atoms with Crippen molar-refractivity contribution in [3.63, 3.8) is 0 Å². The summed E-state index contributed by atoms with van der Waals surface area (Å²) in [6.07, 6.45) is 3.41. The molecule has 0 aliphatic rings. The summed E-state index contributed by atoms with van der Waals surface area (Å²) in [5.74, 6) is -0.381. The number of hydrogen-bond donors (Lipinski definition) is 1. The summed E-state index contributed by atoms with van der Waals surface area (Å²) in [5.41, 5.74) is 1.13. The number of aliphatic hydroxyl groups is 1. The van der Waals surface area contributed by atoms with Crippen LogP contribution < -0.4 is 9.47 Å². The number of methoxy groups -OCH3 is 1. The SMILES string of the molecule is C=C(O)COc1ccc(C(CC(C)C)OC=O)c(OC)c1C(=O)OCC(=C)/C=C/C. The van der Waals surface area contributed by atoms with E-state index in [1.807, 2.05) is 20.8 Å². The van der Waals surface area contributed by atoms with Crippen LogP contribution in [0, 0.1) is 5.92 Å². The van der Waals surface area contributed by atoms with Gasteiger partial charge in [-0.3, -0.25) is 4.79 Å². The Kier molecular flexibility index (Phi) is 10.2. The highest BCUT2D eigenvalue weighted by molar-refractivity contribution is 5.96. The molecule has 0 bridgehead atoms. The van der Waals surface area contributed by atoms with Gasteiger partial charge in [-0.1, -0.05) is 39.2 Å². The first-order chi connectivity index (χ1) is 14.2. The third-order valence-electron chi connectivity index (χ3n) is 4.00. The Labute approximate surface area is 177 Å². The van der Waals surface area contributed by atoms with E-state index in [1.165, 1.54) is 7.11 Å². The lowest BCUT2D eigenvalue weighted by atomic mass is 9.96. The molecule has 0 fully saturated rings. The summed E-state index contributed by atoms with van der Waals surface area (Å²) in [4.78, 5) is 23.9. The molecule has 7 heteroatoms. The molecule has 1 aromatic rings. The number of benzene rings is 1. The van der Waals surface area contributed by atoms with Crippen LogP contribution in [-0.4, -0.2) is 37.9 Å². The molecular weight excluding hydrogens is 388 g/mol.